The molecule has 1 aliphatic carbocycles. The third-order valence-corrected chi connectivity index (χ3v) is 3.90. The normalized spacial score (nSPS) is 18.7. The number of hydrogen-bond acceptors (Lipinski definition) is 3. The Morgan fingerprint density at radius 3 is 2.60 bits per heavy atom. The number of benzene rings is 1. The van der Waals surface area contributed by atoms with Crippen molar-refractivity contribution in [1.29, 1.82) is 0 Å². The van der Waals surface area contributed by atoms with Gasteiger partial charge in [0.05, 0.1) is 12.1 Å². The molecule has 0 aromatic heterocycles. The molecular weight excluding hydrogens is 252 g/mol. The summed E-state index contributed by atoms with van der Waals surface area (Å²) in [5.74, 6) is 0.0251. The predicted octanol–water partition coefficient (Wildman–Crippen LogP) is 1.76. The number of rotatable bonds is 6. The molecule has 0 radical (unpaired) electrons. The molecule has 0 saturated heterocycles. The second-order valence-corrected chi connectivity index (χ2v) is 5.55. The summed E-state index contributed by atoms with van der Waals surface area (Å²) in [4.78, 5) is 12.0. The highest BCUT2D eigenvalue weighted by molar-refractivity contribution is 5.81. The number of carbonyl (C=O) groups excluding carboxylic acids is 1. The van der Waals surface area contributed by atoms with Gasteiger partial charge in [0.2, 0.25) is 5.91 Å². The van der Waals surface area contributed by atoms with Gasteiger partial charge in [0.1, 0.15) is 0 Å². The van der Waals surface area contributed by atoms with Crippen molar-refractivity contribution < 1.29 is 9.90 Å². The summed E-state index contributed by atoms with van der Waals surface area (Å²) < 4.78 is 0. The topological polar surface area (TPSA) is 61.4 Å². The molecule has 1 saturated carbocycles. The molecule has 3 N–H and O–H groups in total. The largest absolute Gasteiger partial charge is 0.387 e. The lowest BCUT2D eigenvalue weighted by Gasteiger charge is -2.19. The lowest BCUT2D eigenvalue weighted by molar-refractivity contribution is -0.123. The van der Waals surface area contributed by atoms with E-state index in [-0.39, 0.29) is 11.9 Å². The Labute approximate surface area is 120 Å². The predicted molar refractivity (Wildman–Crippen MR) is 79.3 cm³/mol. The van der Waals surface area contributed by atoms with Gasteiger partial charge in [-0.3, -0.25) is 4.79 Å². The average Bonchev–Trinajstić information content (AvgIpc) is 2.98. The molecule has 2 unspecified atom stereocenters. The third kappa shape index (κ3) is 4.32. The van der Waals surface area contributed by atoms with Gasteiger partial charge in [-0.15, -0.1) is 0 Å². The molecule has 0 spiro atoms. The van der Waals surface area contributed by atoms with Crippen LogP contribution in [0.3, 0.4) is 0 Å². The maximum Gasteiger partial charge on any atom is 0.237 e. The number of hydrogen-bond donors (Lipinski definition) is 3. The minimum atomic E-state index is -0.585. The molecule has 1 aliphatic rings. The molecule has 1 fully saturated rings. The summed E-state index contributed by atoms with van der Waals surface area (Å²) in [5.41, 5.74) is 0.864. The van der Waals surface area contributed by atoms with Crippen molar-refractivity contribution in [1.82, 2.24) is 10.6 Å². The first-order valence-electron chi connectivity index (χ1n) is 7.43. The number of carbonyl (C=O) groups is 1. The van der Waals surface area contributed by atoms with E-state index in [0.717, 1.165) is 18.4 Å². The molecule has 20 heavy (non-hydrogen) atoms. The first kappa shape index (κ1) is 15.0. The quantitative estimate of drug-likeness (QED) is 0.742. The van der Waals surface area contributed by atoms with Crippen molar-refractivity contribution in [3.63, 3.8) is 0 Å². The minimum Gasteiger partial charge on any atom is -0.387 e. The molecule has 2 atom stereocenters. The van der Waals surface area contributed by atoms with Crippen LogP contribution in [0.25, 0.3) is 0 Å². The van der Waals surface area contributed by atoms with Crippen molar-refractivity contribution in [3.8, 4) is 0 Å². The fourth-order valence-corrected chi connectivity index (χ4v) is 2.57. The zero-order chi connectivity index (χ0) is 14.4. The fraction of sp³-hybridized carbons (Fsp3) is 0.562. The van der Waals surface area contributed by atoms with Crippen LogP contribution < -0.4 is 10.6 Å². The number of nitrogens with one attached hydrogen (secondary N) is 2. The number of aliphatic hydroxyl groups is 1. The van der Waals surface area contributed by atoms with Gasteiger partial charge in [-0.2, -0.15) is 0 Å². The van der Waals surface area contributed by atoms with Gasteiger partial charge in [-0.25, -0.2) is 0 Å². The highest BCUT2D eigenvalue weighted by atomic mass is 16.3. The Bertz CT molecular complexity index is 416. The van der Waals surface area contributed by atoms with Crippen molar-refractivity contribution in [3.05, 3.63) is 35.9 Å². The van der Waals surface area contributed by atoms with Gasteiger partial charge in [-0.05, 0) is 25.3 Å². The number of aliphatic hydroxyl groups excluding tert-OH is 1. The monoisotopic (exact) mass is 276 g/mol. The van der Waals surface area contributed by atoms with Crippen LogP contribution in [-0.4, -0.2) is 29.6 Å². The molecule has 110 valence electrons. The van der Waals surface area contributed by atoms with E-state index in [0.29, 0.717) is 12.6 Å². The summed E-state index contributed by atoms with van der Waals surface area (Å²) in [5, 5.41) is 16.2. The van der Waals surface area contributed by atoms with E-state index in [9.17, 15) is 9.90 Å². The second kappa shape index (κ2) is 7.41. The lowest BCUT2D eigenvalue weighted by Crippen LogP contribution is -2.46. The smallest absolute Gasteiger partial charge is 0.237 e. The average molecular weight is 276 g/mol. The van der Waals surface area contributed by atoms with E-state index in [1.54, 1.807) is 0 Å². The van der Waals surface area contributed by atoms with Crippen LogP contribution in [0.4, 0.5) is 0 Å². The zero-order valence-electron chi connectivity index (χ0n) is 12.0. The van der Waals surface area contributed by atoms with Crippen LogP contribution in [-0.2, 0) is 4.79 Å². The first-order chi connectivity index (χ1) is 9.66. The van der Waals surface area contributed by atoms with Gasteiger partial charge >= 0.3 is 0 Å². The zero-order valence-corrected chi connectivity index (χ0v) is 12.0. The Balaban J connectivity index is 1.73. The van der Waals surface area contributed by atoms with E-state index in [1.807, 2.05) is 37.3 Å². The van der Waals surface area contributed by atoms with Crippen LogP contribution in [0.5, 0.6) is 0 Å². The van der Waals surface area contributed by atoms with E-state index in [1.165, 1.54) is 12.8 Å². The highest BCUT2D eigenvalue weighted by Gasteiger charge is 2.20. The molecule has 2 rings (SSSR count). The van der Waals surface area contributed by atoms with Crippen LogP contribution in [0.2, 0.25) is 0 Å². The van der Waals surface area contributed by atoms with Crippen LogP contribution >= 0.6 is 0 Å². The van der Waals surface area contributed by atoms with Crippen LogP contribution in [0.1, 0.15) is 44.3 Å². The molecule has 1 amide bonds. The number of amides is 1. The third-order valence-electron chi connectivity index (χ3n) is 3.90. The molecule has 4 nitrogen and oxygen atoms in total. The standard InChI is InChI=1S/C16H24N2O2/c1-12(16(20)18-14-9-5-6-10-14)17-11-15(19)13-7-3-2-4-8-13/h2-4,7-8,12,14-15,17,19H,5-6,9-11H2,1H3,(H,18,20). The van der Waals surface area contributed by atoms with Gasteiger partial charge in [-0.1, -0.05) is 43.2 Å². The van der Waals surface area contributed by atoms with Gasteiger partial charge in [0.15, 0.2) is 0 Å². The van der Waals surface area contributed by atoms with Crippen molar-refractivity contribution >= 4 is 5.91 Å². The second-order valence-electron chi connectivity index (χ2n) is 5.55. The summed E-state index contributed by atoms with van der Waals surface area (Å²) in [6, 6.07) is 9.54. The van der Waals surface area contributed by atoms with Crippen molar-refractivity contribution in [2.45, 2.75) is 50.8 Å². The van der Waals surface area contributed by atoms with E-state index < -0.39 is 6.10 Å². The minimum absolute atomic E-state index is 0.0251. The van der Waals surface area contributed by atoms with E-state index in [4.69, 9.17) is 0 Å². The van der Waals surface area contributed by atoms with Crippen LogP contribution in [0.15, 0.2) is 30.3 Å². The molecule has 0 bridgehead atoms. The Kier molecular flexibility index (Phi) is 5.56. The summed E-state index contributed by atoms with van der Waals surface area (Å²) >= 11 is 0. The molecule has 1 aromatic carbocycles. The van der Waals surface area contributed by atoms with Gasteiger partial charge in [0, 0.05) is 12.6 Å². The maximum atomic E-state index is 12.0. The highest BCUT2D eigenvalue weighted by Crippen LogP contribution is 2.17. The Morgan fingerprint density at radius 1 is 1.30 bits per heavy atom. The fourth-order valence-electron chi connectivity index (χ4n) is 2.57. The first-order valence-corrected chi connectivity index (χ1v) is 7.43. The molecule has 1 aromatic rings. The summed E-state index contributed by atoms with van der Waals surface area (Å²) in [6.45, 7) is 2.21. The molecular formula is C16H24N2O2. The van der Waals surface area contributed by atoms with Gasteiger partial charge < -0.3 is 15.7 Å². The van der Waals surface area contributed by atoms with Crippen molar-refractivity contribution in [2.24, 2.45) is 0 Å². The Morgan fingerprint density at radius 2 is 1.95 bits per heavy atom. The van der Waals surface area contributed by atoms with E-state index in [2.05, 4.69) is 10.6 Å². The summed E-state index contributed by atoms with van der Waals surface area (Å²) in [6.07, 6.45) is 4.01. The molecule has 0 heterocycles. The SMILES string of the molecule is CC(NCC(O)c1ccccc1)C(=O)NC1CCCC1. The van der Waals surface area contributed by atoms with Crippen molar-refractivity contribution in [2.75, 3.05) is 6.54 Å². The lowest BCUT2D eigenvalue weighted by atomic mass is 10.1. The Hall–Kier alpha value is -1.39. The summed E-state index contributed by atoms with van der Waals surface area (Å²) in [7, 11) is 0. The van der Waals surface area contributed by atoms with Gasteiger partial charge in [0.25, 0.3) is 0 Å². The maximum absolute atomic E-state index is 12.0. The molecule has 4 heteroatoms. The van der Waals surface area contributed by atoms with E-state index >= 15 is 0 Å². The molecule has 0 aliphatic heterocycles. The van der Waals surface area contributed by atoms with Crippen LogP contribution in [0, 0.1) is 0 Å².